The normalized spacial score (nSPS) is 18.0. The molecule has 23 heavy (non-hydrogen) atoms. The van der Waals surface area contributed by atoms with Crippen LogP contribution in [0, 0.1) is 6.92 Å². The van der Waals surface area contributed by atoms with Crippen molar-refractivity contribution < 1.29 is 14.7 Å². The van der Waals surface area contributed by atoms with Crippen LogP contribution >= 0.6 is 27.3 Å². The number of Topliss-reactive ketones (excluding diaryl/α,β-unsaturated/α-hetero) is 1. The van der Waals surface area contributed by atoms with E-state index in [0.29, 0.717) is 5.69 Å². The van der Waals surface area contributed by atoms with E-state index in [1.165, 1.54) is 23.2 Å². The van der Waals surface area contributed by atoms with Crippen molar-refractivity contribution in [2.75, 3.05) is 4.90 Å². The van der Waals surface area contributed by atoms with E-state index in [1.807, 2.05) is 41.9 Å². The third kappa shape index (κ3) is 2.62. The molecule has 0 saturated heterocycles. The summed E-state index contributed by atoms with van der Waals surface area (Å²) in [5, 5.41) is 14.0. The SMILES string of the molecule is CC(=O)C1=C(O)C(=O)N(c2ccc(C)c(Br)c2)C1c1ccsc1. The maximum Gasteiger partial charge on any atom is 0.294 e. The highest BCUT2D eigenvalue weighted by atomic mass is 79.9. The molecule has 2 heterocycles. The van der Waals surface area contributed by atoms with Gasteiger partial charge in [-0.05, 0) is 53.9 Å². The maximum absolute atomic E-state index is 12.6. The Kier molecular flexibility index (Phi) is 4.12. The summed E-state index contributed by atoms with van der Waals surface area (Å²) in [6.07, 6.45) is 0. The average Bonchev–Trinajstić information content (AvgIpc) is 3.10. The molecule has 118 valence electrons. The van der Waals surface area contributed by atoms with Gasteiger partial charge in [-0.25, -0.2) is 0 Å². The van der Waals surface area contributed by atoms with E-state index in [9.17, 15) is 14.7 Å². The second kappa shape index (κ2) is 5.94. The highest BCUT2D eigenvalue weighted by molar-refractivity contribution is 9.10. The predicted molar refractivity (Wildman–Crippen MR) is 93.8 cm³/mol. The molecule has 0 aliphatic carbocycles. The number of anilines is 1. The van der Waals surface area contributed by atoms with Crippen LogP contribution in [-0.2, 0) is 9.59 Å². The minimum atomic E-state index is -0.596. The number of aliphatic hydroxyl groups is 1. The number of carbonyl (C=O) groups excluding carboxylic acids is 2. The van der Waals surface area contributed by atoms with Gasteiger partial charge in [0, 0.05) is 10.2 Å². The van der Waals surface area contributed by atoms with Crippen LogP contribution in [0.4, 0.5) is 5.69 Å². The van der Waals surface area contributed by atoms with Crippen LogP contribution < -0.4 is 4.90 Å². The molecule has 1 atom stereocenters. The number of nitrogens with zero attached hydrogens (tertiary/aromatic N) is 1. The third-order valence-corrected chi connectivity index (χ3v) is 5.44. The van der Waals surface area contributed by atoms with E-state index in [2.05, 4.69) is 15.9 Å². The highest BCUT2D eigenvalue weighted by Crippen LogP contribution is 2.42. The molecule has 1 aromatic carbocycles. The van der Waals surface area contributed by atoms with Crippen molar-refractivity contribution in [2.24, 2.45) is 0 Å². The van der Waals surface area contributed by atoms with E-state index < -0.39 is 17.7 Å². The van der Waals surface area contributed by atoms with E-state index in [1.54, 1.807) is 0 Å². The molecule has 1 aromatic heterocycles. The number of carbonyl (C=O) groups is 2. The van der Waals surface area contributed by atoms with Gasteiger partial charge in [0.15, 0.2) is 11.5 Å². The zero-order chi connectivity index (χ0) is 16.7. The van der Waals surface area contributed by atoms with Gasteiger partial charge in [-0.15, -0.1) is 0 Å². The Bertz CT molecular complexity index is 826. The van der Waals surface area contributed by atoms with Gasteiger partial charge in [-0.3, -0.25) is 14.5 Å². The number of benzene rings is 1. The number of hydrogen-bond acceptors (Lipinski definition) is 4. The number of rotatable bonds is 3. The van der Waals surface area contributed by atoms with E-state index >= 15 is 0 Å². The predicted octanol–water partition coefficient (Wildman–Crippen LogP) is 4.31. The summed E-state index contributed by atoms with van der Waals surface area (Å²) < 4.78 is 0.864. The number of aryl methyl sites for hydroxylation is 1. The molecule has 1 amide bonds. The Labute approximate surface area is 146 Å². The fourth-order valence-corrected chi connectivity index (χ4v) is 3.75. The van der Waals surface area contributed by atoms with Crippen molar-refractivity contribution in [3.05, 3.63) is 62.0 Å². The monoisotopic (exact) mass is 391 g/mol. The van der Waals surface area contributed by atoms with Crippen molar-refractivity contribution in [1.82, 2.24) is 0 Å². The van der Waals surface area contributed by atoms with Crippen molar-refractivity contribution in [2.45, 2.75) is 19.9 Å². The molecule has 1 aliphatic heterocycles. The van der Waals surface area contributed by atoms with Gasteiger partial charge in [0.1, 0.15) is 0 Å². The Balaban J connectivity index is 2.17. The van der Waals surface area contributed by atoms with Gasteiger partial charge in [-0.1, -0.05) is 22.0 Å². The second-order valence-corrected chi connectivity index (χ2v) is 7.02. The molecule has 1 aliphatic rings. The standard InChI is InChI=1S/C17H14BrNO3S/c1-9-3-4-12(7-13(9)18)19-15(11-5-6-23-8-11)14(10(2)20)16(21)17(19)22/h3-8,15,21H,1-2H3. The van der Waals surface area contributed by atoms with Crippen molar-refractivity contribution in [3.63, 3.8) is 0 Å². The summed E-state index contributed by atoms with van der Waals surface area (Å²) in [6, 6.07) is 6.79. The lowest BCUT2D eigenvalue weighted by Gasteiger charge is -2.26. The van der Waals surface area contributed by atoms with E-state index in [-0.39, 0.29) is 11.4 Å². The lowest BCUT2D eigenvalue weighted by Crippen LogP contribution is -2.30. The van der Waals surface area contributed by atoms with Gasteiger partial charge < -0.3 is 5.11 Å². The molecule has 1 N–H and O–H groups in total. The highest BCUT2D eigenvalue weighted by Gasteiger charge is 2.43. The quantitative estimate of drug-likeness (QED) is 0.847. The summed E-state index contributed by atoms with van der Waals surface area (Å²) >= 11 is 4.94. The van der Waals surface area contributed by atoms with Gasteiger partial charge in [0.2, 0.25) is 0 Å². The molecule has 0 bridgehead atoms. The Morgan fingerprint density at radius 3 is 2.65 bits per heavy atom. The molecule has 1 unspecified atom stereocenters. The van der Waals surface area contributed by atoms with Crippen LogP contribution in [0.2, 0.25) is 0 Å². The smallest absolute Gasteiger partial charge is 0.294 e. The summed E-state index contributed by atoms with van der Waals surface area (Å²) in [4.78, 5) is 26.0. The van der Waals surface area contributed by atoms with Crippen LogP contribution in [0.5, 0.6) is 0 Å². The lowest BCUT2D eigenvalue weighted by atomic mass is 9.99. The van der Waals surface area contributed by atoms with Crippen molar-refractivity contribution in [3.8, 4) is 0 Å². The molecule has 6 heteroatoms. The Morgan fingerprint density at radius 1 is 1.35 bits per heavy atom. The first-order chi connectivity index (χ1) is 10.9. The molecular weight excluding hydrogens is 378 g/mol. The molecule has 0 spiro atoms. The maximum atomic E-state index is 12.6. The second-order valence-electron chi connectivity index (χ2n) is 5.39. The molecular formula is C17H14BrNO3S. The number of hydrogen-bond donors (Lipinski definition) is 1. The first kappa shape index (κ1) is 16.0. The molecule has 0 saturated carbocycles. The fraction of sp³-hybridized carbons (Fsp3) is 0.176. The number of ketones is 1. The minimum Gasteiger partial charge on any atom is -0.503 e. The summed E-state index contributed by atoms with van der Waals surface area (Å²) in [6.45, 7) is 3.32. The van der Waals surface area contributed by atoms with Crippen LogP contribution in [0.1, 0.15) is 24.1 Å². The molecule has 0 fully saturated rings. The van der Waals surface area contributed by atoms with Gasteiger partial charge in [0.05, 0.1) is 11.6 Å². The number of halogens is 1. The van der Waals surface area contributed by atoms with Crippen LogP contribution in [0.15, 0.2) is 50.8 Å². The van der Waals surface area contributed by atoms with E-state index in [4.69, 9.17) is 0 Å². The van der Waals surface area contributed by atoms with Crippen LogP contribution in [-0.4, -0.2) is 16.8 Å². The van der Waals surface area contributed by atoms with Gasteiger partial charge in [-0.2, -0.15) is 11.3 Å². The van der Waals surface area contributed by atoms with Crippen molar-refractivity contribution >= 4 is 44.6 Å². The third-order valence-electron chi connectivity index (χ3n) is 3.88. The summed E-state index contributed by atoms with van der Waals surface area (Å²) in [5.74, 6) is -1.33. The van der Waals surface area contributed by atoms with Gasteiger partial charge in [0.25, 0.3) is 5.91 Å². The topological polar surface area (TPSA) is 57.6 Å². The largest absolute Gasteiger partial charge is 0.503 e. The Morgan fingerprint density at radius 2 is 2.09 bits per heavy atom. The zero-order valence-corrected chi connectivity index (χ0v) is 14.9. The average molecular weight is 392 g/mol. The zero-order valence-electron chi connectivity index (χ0n) is 12.5. The lowest BCUT2D eigenvalue weighted by molar-refractivity contribution is -0.117. The fourth-order valence-electron chi connectivity index (χ4n) is 2.71. The number of thiophene rings is 1. The molecule has 4 nitrogen and oxygen atoms in total. The summed E-state index contributed by atoms with van der Waals surface area (Å²) in [7, 11) is 0. The summed E-state index contributed by atoms with van der Waals surface area (Å²) in [5.41, 5.74) is 2.63. The first-order valence-corrected chi connectivity index (χ1v) is 8.71. The number of amides is 1. The number of aliphatic hydroxyl groups excluding tert-OH is 1. The van der Waals surface area contributed by atoms with E-state index in [0.717, 1.165) is 15.6 Å². The molecule has 3 rings (SSSR count). The molecule has 2 aromatic rings. The van der Waals surface area contributed by atoms with Crippen LogP contribution in [0.25, 0.3) is 0 Å². The van der Waals surface area contributed by atoms with Crippen molar-refractivity contribution in [1.29, 1.82) is 0 Å². The Hall–Kier alpha value is -1.92. The molecule has 0 radical (unpaired) electrons. The first-order valence-electron chi connectivity index (χ1n) is 6.97. The van der Waals surface area contributed by atoms with Gasteiger partial charge >= 0.3 is 0 Å². The van der Waals surface area contributed by atoms with Crippen LogP contribution in [0.3, 0.4) is 0 Å². The minimum absolute atomic E-state index is 0.144.